The molecular formula is C28H48O3. The van der Waals surface area contributed by atoms with Gasteiger partial charge in [0, 0.05) is 6.61 Å². The first-order valence-electron chi connectivity index (χ1n) is 13.7. The van der Waals surface area contributed by atoms with Crippen molar-refractivity contribution in [3.63, 3.8) is 0 Å². The maximum Gasteiger partial charge on any atom is 0.309 e. The molecule has 0 spiro atoms. The van der Waals surface area contributed by atoms with Crippen molar-refractivity contribution in [1.82, 2.24) is 0 Å². The highest BCUT2D eigenvalue weighted by Crippen LogP contribution is 2.34. The number of carbonyl (C=O) groups is 1. The quantitative estimate of drug-likeness (QED) is 0.263. The summed E-state index contributed by atoms with van der Waals surface area (Å²) in [5.74, 6) is 2.51. The van der Waals surface area contributed by atoms with E-state index in [4.69, 9.17) is 9.47 Å². The molecule has 0 heterocycles. The van der Waals surface area contributed by atoms with Gasteiger partial charge in [-0.15, -0.1) is 0 Å². The molecule has 0 N–H and O–H groups in total. The summed E-state index contributed by atoms with van der Waals surface area (Å²) in [6.07, 6.45) is 24.7. The second-order valence-electron chi connectivity index (χ2n) is 10.6. The molecule has 3 saturated carbocycles. The van der Waals surface area contributed by atoms with Crippen LogP contribution in [0.25, 0.3) is 0 Å². The highest BCUT2D eigenvalue weighted by molar-refractivity contribution is 5.72. The molecule has 0 saturated heterocycles. The van der Waals surface area contributed by atoms with E-state index in [1.54, 1.807) is 0 Å². The Morgan fingerprint density at radius 2 is 1.32 bits per heavy atom. The molecule has 3 aliphatic carbocycles. The third-order valence-electron chi connectivity index (χ3n) is 8.08. The molecule has 178 valence electrons. The van der Waals surface area contributed by atoms with E-state index in [0.717, 1.165) is 63.4 Å². The van der Waals surface area contributed by atoms with Gasteiger partial charge in [0.1, 0.15) is 6.10 Å². The van der Waals surface area contributed by atoms with Crippen molar-refractivity contribution < 1.29 is 14.3 Å². The summed E-state index contributed by atoms with van der Waals surface area (Å²) in [5.41, 5.74) is 0. The smallest absolute Gasteiger partial charge is 0.309 e. The zero-order chi connectivity index (χ0) is 21.9. The number of carbonyl (C=O) groups excluding carboxylic acids is 1. The van der Waals surface area contributed by atoms with Crippen molar-refractivity contribution in [2.45, 2.75) is 129 Å². The molecular weight excluding hydrogens is 384 g/mol. The Morgan fingerprint density at radius 3 is 1.90 bits per heavy atom. The lowest BCUT2D eigenvalue weighted by atomic mass is 9.80. The third kappa shape index (κ3) is 8.56. The second-order valence-corrected chi connectivity index (χ2v) is 10.6. The highest BCUT2D eigenvalue weighted by Gasteiger charge is 2.30. The van der Waals surface area contributed by atoms with Crippen LogP contribution >= 0.6 is 0 Å². The molecule has 0 aliphatic heterocycles. The van der Waals surface area contributed by atoms with E-state index in [1.807, 2.05) is 0 Å². The van der Waals surface area contributed by atoms with Crippen LogP contribution in [-0.2, 0) is 14.3 Å². The van der Waals surface area contributed by atoms with Crippen LogP contribution in [0, 0.1) is 23.7 Å². The number of hydrogen-bond acceptors (Lipinski definition) is 3. The van der Waals surface area contributed by atoms with E-state index < -0.39 is 0 Å². The monoisotopic (exact) mass is 432 g/mol. The number of esters is 1. The summed E-state index contributed by atoms with van der Waals surface area (Å²) < 4.78 is 11.9. The Kier molecular flexibility index (Phi) is 10.9. The number of ether oxygens (including phenoxy) is 2. The first-order chi connectivity index (χ1) is 15.2. The lowest BCUT2D eigenvalue weighted by Gasteiger charge is -2.31. The number of unbranched alkanes of at least 4 members (excludes halogenated alkanes) is 1. The predicted octanol–water partition coefficient (Wildman–Crippen LogP) is 7.63. The standard InChI is InChI=1S/C28H48O3/c1-3-5-6-22-13-19-27(20-14-22)31-28(29)25-15-9-23(10-16-25)7-8-24-11-17-26(18-12-24)30-21-4-2/h7-8,22-27H,3-6,9-21H2,1-2H3/b8-7+. The van der Waals surface area contributed by atoms with Crippen LogP contribution in [0.2, 0.25) is 0 Å². The SMILES string of the molecule is CCCCC1CCC(OC(=O)C2CCC(/C=C/C3CCC(OCCC)CC3)CC2)CC1. The molecule has 0 unspecified atom stereocenters. The Balaban J connectivity index is 1.29. The molecule has 31 heavy (non-hydrogen) atoms. The van der Waals surface area contributed by atoms with Crippen LogP contribution in [0.15, 0.2) is 12.2 Å². The zero-order valence-corrected chi connectivity index (χ0v) is 20.4. The molecule has 0 aromatic carbocycles. The van der Waals surface area contributed by atoms with Gasteiger partial charge in [-0.25, -0.2) is 0 Å². The Hall–Kier alpha value is -0.830. The van der Waals surface area contributed by atoms with Crippen LogP contribution in [-0.4, -0.2) is 24.8 Å². The van der Waals surface area contributed by atoms with Gasteiger partial charge in [0.2, 0.25) is 0 Å². The van der Waals surface area contributed by atoms with Gasteiger partial charge in [0.25, 0.3) is 0 Å². The molecule has 0 amide bonds. The first kappa shape index (κ1) is 24.8. The zero-order valence-electron chi connectivity index (χ0n) is 20.4. The van der Waals surface area contributed by atoms with E-state index in [2.05, 4.69) is 26.0 Å². The van der Waals surface area contributed by atoms with Gasteiger partial charge >= 0.3 is 5.97 Å². The minimum atomic E-state index is 0.102. The molecule has 3 aliphatic rings. The normalized spacial score (nSPS) is 34.6. The fraction of sp³-hybridized carbons (Fsp3) is 0.893. The van der Waals surface area contributed by atoms with Crippen LogP contribution < -0.4 is 0 Å². The van der Waals surface area contributed by atoms with Gasteiger partial charge in [-0.05, 0) is 101 Å². The average molecular weight is 433 g/mol. The molecule has 0 aromatic heterocycles. The van der Waals surface area contributed by atoms with Gasteiger partial charge < -0.3 is 9.47 Å². The summed E-state index contributed by atoms with van der Waals surface area (Å²) >= 11 is 0. The summed E-state index contributed by atoms with van der Waals surface area (Å²) in [5, 5.41) is 0. The average Bonchev–Trinajstić information content (AvgIpc) is 2.82. The van der Waals surface area contributed by atoms with Crippen molar-refractivity contribution in [2.24, 2.45) is 23.7 Å². The summed E-state index contributed by atoms with van der Waals surface area (Å²) in [6, 6.07) is 0. The molecule has 3 nitrogen and oxygen atoms in total. The molecule has 0 bridgehead atoms. The van der Waals surface area contributed by atoms with Crippen LogP contribution in [0.1, 0.15) is 117 Å². The van der Waals surface area contributed by atoms with E-state index >= 15 is 0 Å². The summed E-state index contributed by atoms with van der Waals surface area (Å²) in [6.45, 7) is 5.37. The second kappa shape index (κ2) is 13.7. The molecule has 0 atom stereocenters. The van der Waals surface area contributed by atoms with Gasteiger partial charge in [-0.2, -0.15) is 0 Å². The topological polar surface area (TPSA) is 35.5 Å². The van der Waals surface area contributed by atoms with Crippen molar-refractivity contribution in [3.05, 3.63) is 12.2 Å². The van der Waals surface area contributed by atoms with Gasteiger partial charge in [-0.3, -0.25) is 4.79 Å². The summed E-state index contributed by atoms with van der Waals surface area (Å²) in [7, 11) is 0. The maximum atomic E-state index is 12.7. The third-order valence-corrected chi connectivity index (χ3v) is 8.08. The summed E-state index contributed by atoms with van der Waals surface area (Å²) in [4.78, 5) is 12.7. The predicted molar refractivity (Wildman–Crippen MR) is 128 cm³/mol. The largest absolute Gasteiger partial charge is 0.462 e. The molecule has 3 fully saturated rings. The highest BCUT2D eigenvalue weighted by atomic mass is 16.5. The van der Waals surface area contributed by atoms with Crippen molar-refractivity contribution in [1.29, 1.82) is 0 Å². The molecule has 0 aromatic rings. The van der Waals surface area contributed by atoms with Crippen LogP contribution in [0.3, 0.4) is 0 Å². The van der Waals surface area contributed by atoms with E-state index in [9.17, 15) is 4.79 Å². The lowest BCUT2D eigenvalue weighted by molar-refractivity contribution is -0.157. The fourth-order valence-electron chi connectivity index (χ4n) is 5.89. The number of allylic oxidation sites excluding steroid dienone is 2. The fourth-order valence-corrected chi connectivity index (χ4v) is 5.89. The first-order valence-corrected chi connectivity index (χ1v) is 13.7. The van der Waals surface area contributed by atoms with Crippen molar-refractivity contribution in [3.8, 4) is 0 Å². The van der Waals surface area contributed by atoms with Gasteiger partial charge in [0.05, 0.1) is 12.0 Å². The van der Waals surface area contributed by atoms with E-state index in [1.165, 1.54) is 57.8 Å². The molecule has 3 rings (SSSR count). The molecule has 0 radical (unpaired) electrons. The minimum Gasteiger partial charge on any atom is -0.462 e. The minimum absolute atomic E-state index is 0.102. The molecule has 3 heteroatoms. The maximum absolute atomic E-state index is 12.7. The van der Waals surface area contributed by atoms with E-state index in [-0.39, 0.29) is 18.0 Å². The number of rotatable bonds is 10. The lowest BCUT2D eigenvalue weighted by Crippen LogP contribution is -2.30. The Bertz CT molecular complexity index is 518. The van der Waals surface area contributed by atoms with Crippen molar-refractivity contribution in [2.75, 3.05) is 6.61 Å². The van der Waals surface area contributed by atoms with Gasteiger partial charge in [-0.1, -0.05) is 45.3 Å². The van der Waals surface area contributed by atoms with Crippen molar-refractivity contribution >= 4 is 5.97 Å². The Labute approximate surface area is 191 Å². The van der Waals surface area contributed by atoms with Gasteiger partial charge in [0.15, 0.2) is 0 Å². The van der Waals surface area contributed by atoms with E-state index in [0.29, 0.717) is 12.0 Å². The van der Waals surface area contributed by atoms with Crippen LogP contribution in [0.5, 0.6) is 0 Å². The number of hydrogen-bond donors (Lipinski definition) is 0. The Morgan fingerprint density at radius 1 is 0.742 bits per heavy atom. The van der Waals surface area contributed by atoms with Crippen LogP contribution in [0.4, 0.5) is 0 Å².